The predicted molar refractivity (Wildman–Crippen MR) is 121 cm³/mol. The second-order valence-corrected chi connectivity index (χ2v) is 7.79. The molecule has 0 fully saturated rings. The third-order valence-corrected chi connectivity index (χ3v) is 5.36. The summed E-state index contributed by atoms with van der Waals surface area (Å²) in [6, 6.07) is 25.2. The Bertz CT molecular complexity index is 1080. The molecule has 4 nitrogen and oxygen atoms in total. The average Bonchev–Trinajstić information content (AvgIpc) is 2.76. The van der Waals surface area contributed by atoms with Gasteiger partial charge in [0.2, 0.25) is 0 Å². The van der Waals surface area contributed by atoms with Crippen LogP contribution >= 0.6 is 0 Å². The molecule has 0 radical (unpaired) electrons. The monoisotopic (exact) mass is 412 g/mol. The molecule has 0 aliphatic rings. The summed E-state index contributed by atoms with van der Waals surface area (Å²) in [7, 11) is 0. The van der Waals surface area contributed by atoms with E-state index >= 15 is 0 Å². The largest absolute Gasteiger partial charge is 0.508 e. The zero-order chi connectivity index (χ0) is 21.8. The Kier molecular flexibility index (Phi) is 5.80. The number of hydrogen-bond donors (Lipinski definition) is 4. The van der Waals surface area contributed by atoms with Gasteiger partial charge in [0, 0.05) is 6.42 Å². The molecular formula is C27H24O4. The quantitative estimate of drug-likeness (QED) is 0.347. The van der Waals surface area contributed by atoms with Gasteiger partial charge in [0.1, 0.15) is 23.0 Å². The van der Waals surface area contributed by atoms with Crippen LogP contribution in [0.15, 0.2) is 84.9 Å². The minimum absolute atomic E-state index is 0.192. The summed E-state index contributed by atoms with van der Waals surface area (Å²) in [4.78, 5) is 0. The van der Waals surface area contributed by atoms with Crippen molar-refractivity contribution in [3.05, 3.63) is 118 Å². The van der Waals surface area contributed by atoms with Crippen molar-refractivity contribution in [2.75, 3.05) is 0 Å². The van der Waals surface area contributed by atoms with Crippen LogP contribution in [0.3, 0.4) is 0 Å². The van der Waals surface area contributed by atoms with E-state index in [4.69, 9.17) is 0 Å². The number of phenolic OH excluding ortho intramolecular Hbond substituents is 4. The minimum atomic E-state index is 0.192. The van der Waals surface area contributed by atoms with Gasteiger partial charge in [-0.1, -0.05) is 48.5 Å². The molecule has 4 heteroatoms. The van der Waals surface area contributed by atoms with Gasteiger partial charge < -0.3 is 20.4 Å². The van der Waals surface area contributed by atoms with E-state index in [9.17, 15) is 20.4 Å². The fraction of sp³-hybridized carbons (Fsp3) is 0.111. The van der Waals surface area contributed by atoms with Gasteiger partial charge in [-0.25, -0.2) is 0 Å². The number of phenols is 4. The Morgan fingerprint density at radius 1 is 0.387 bits per heavy atom. The molecular weight excluding hydrogens is 388 g/mol. The van der Waals surface area contributed by atoms with Gasteiger partial charge in [0.15, 0.2) is 0 Å². The van der Waals surface area contributed by atoms with Crippen molar-refractivity contribution < 1.29 is 20.4 Å². The SMILES string of the molecule is Oc1ccc(Cc2ccc(O)c(Cc3cc(Cc4ccc(O)cc4)ccc3O)c2)cc1. The first kappa shape index (κ1) is 20.4. The molecule has 4 aromatic rings. The van der Waals surface area contributed by atoms with Crippen molar-refractivity contribution in [3.63, 3.8) is 0 Å². The normalized spacial score (nSPS) is 10.8. The van der Waals surface area contributed by atoms with Crippen LogP contribution < -0.4 is 0 Å². The van der Waals surface area contributed by atoms with E-state index in [2.05, 4.69) is 0 Å². The summed E-state index contributed by atoms with van der Waals surface area (Å²) < 4.78 is 0. The third-order valence-electron chi connectivity index (χ3n) is 5.36. The van der Waals surface area contributed by atoms with Gasteiger partial charge in [0.25, 0.3) is 0 Å². The molecule has 0 aliphatic heterocycles. The fourth-order valence-electron chi connectivity index (χ4n) is 3.68. The van der Waals surface area contributed by atoms with E-state index in [1.165, 1.54) is 0 Å². The number of benzene rings is 4. The van der Waals surface area contributed by atoms with Crippen LogP contribution in [0.5, 0.6) is 23.0 Å². The van der Waals surface area contributed by atoms with Gasteiger partial charge >= 0.3 is 0 Å². The predicted octanol–water partition coefficient (Wildman–Crippen LogP) is 5.28. The molecule has 0 unspecified atom stereocenters. The van der Waals surface area contributed by atoms with Gasteiger partial charge in [-0.2, -0.15) is 0 Å². The molecule has 0 heterocycles. The standard InChI is InChI=1S/C27H24O4/c28-24-7-1-18(2-8-24)13-20-5-11-26(30)22(15-20)17-23-16-21(6-12-27(23)31)14-19-3-9-25(29)10-4-19/h1-12,15-16,28-31H,13-14,17H2. The van der Waals surface area contributed by atoms with Crippen molar-refractivity contribution in [1.82, 2.24) is 0 Å². The molecule has 0 aliphatic carbocycles. The summed E-state index contributed by atoms with van der Waals surface area (Å²) in [6.07, 6.45) is 1.77. The highest BCUT2D eigenvalue weighted by atomic mass is 16.3. The van der Waals surface area contributed by atoms with E-state index in [1.807, 2.05) is 48.5 Å². The Labute approximate surface area is 181 Å². The molecule has 0 saturated carbocycles. The zero-order valence-corrected chi connectivity index (χ0v) is 17.0. The van der Waals surface area contributed by atoms with Crippen molar-refractivity contribution in [2.45, 2.75) is 19.3 Å². The lowest BCUT2D eigenvalue weighted by Gasteiger charge is -2.12. The lowest BCUT2D eigenvalue weighted by molar-refractivity contribution is 0.462. The summed E-state index contributed by atoms with van der Waals surface area (Å²) >= 11 is 0. The molecule has 0 amide bonds. The molecule has 4 N–H and O–H groups in total. The van der Waals surface area contributed by atoms with Crippen molar-refractivity contribution in [2.24, 2.45) is 0 Å². The van der Waals surface area contributed by atoms with Crippen LogP contribution in [0, 0.1) is 0 Å². The van der Waals surface area contributed by atoms with Crippen LogP contribution in [0.1, 0.15) is 33.4 Å². The molecule has 0 aromatic heterocycles. The fourth-order valence-corrected chi connectivity index (χ4v) is 3.68. The molecule has 31 heavy (non-hydrogen) atoms. The lowest BCUT2D eigenvalue weighted by Crippen LogP contribution is -1.96. The smallest absolute Gasteiger partial charge is 0.119 e. The van der Waals surface area contributed by atoms with E-state index in [0.29, 0.717) is 19.3 Å². The summed E-state index contributed by atoms with van der Waals surface area (Å²) in [5.41, 5.74) is 5.69. The number of aromatic hydroxyl groups is 4. The van der Waals surface area contributed by atoms with Gasteiger partial charge in [-0.3, -0.25) is 0 Å². The third kappa shape index (κ3) is 5.17. The molecule has 0 spiro atoms. The van der Waals surface area contributed by atoms with Crippen molar-refractivity contribution in [3.8, 4) is 23.0 Å². The highest BCUT2D eigenvalue weighted by molar-refractivity contribution is 5.46. The van der Waals surface area contributed by atoms with Gasteiger partial charge in [-0.05, 0) is 82.6 Å². The van der Waals surface area contributed by atoms with E-state index in [-0.39, 0.29) is 23.0 Å². The molecule has 0 bridgehead atoms. The maximum Gasteiger partial charge on any atom is 0.119 e. The van der Waals surface area contributed by atoms with Gasteiger partial charge in [-0.15, -0.1) is 0 Å². The van der Waals surface area contributed by atoms with Crippen LogP contribution in [-0.2, 0) is 19.3 Å². The van der Waals surface area contributed by atoms with Crippen LogP contribution in [0.4, 0.5) is 0 Å². The molecule has 4 rings (SSSR count). The van der Waals surface area contributed by atoms with Crippen molar-refractivity contribution >= 4 is 0 Å². The minimum Gasteiger partial charge on any atom is -0.508 e. The van der Waals surface area contributed by atoms with Gasteiger partial charge in [0.05, 0.1) is 0 Å². The number of hydrogen-bond acceptors (Lipinski definition) is 4. The van der Waals surface area contributed by atoms with Crippen LogP contribution in [-0.4, -0.2) is 20.4 Å². The summed E-state index contributed by atoms with van der Waals surface area (Å²) in [5.74, 6) is 0.853. The molecule has 0 atom stereocenters. The highest BCUT2D eigenvalue weighted by Gasteiger charge is 2.10. The summed E-state index contributed by atoms with van der Waals surface area (Å²) in [5, 5.41) is 39.7. The zero-order valence-electron chi connectivity index (χ0n) is 17.0. The molecule has 0 saturated heterocycles. The Morgan fingerprint density at radius 2 is 0.742 bits per heavy atom. The van der Waals surface area contributed by atoms with E-state index in [1.54, 1.807) is 36.4 Å². The van der Waals surface area contributed by atoms with Crippen molar-refractivity contribution in [1.29, 1.82) is 0 Å². The highest BCUT2D eigenvalue weighted by Crippen LogP contribution is 2.28. The second kappa shape index (κ2) is 8.84. The maximum absolute atomic E-state index is 10.4. The Balaban J connectivity index is 1.55. The van der Waals surface area contributed by atoms with E-state index < -0.39 is 0 Å². The second-order valence-electron chi connectivity index (χ2n) is 7.79. The Morgan fingerprint density at radius 3 is 1.13 bits per heavy atom. The first-order valence-electron chi connectivity index (χ1n) is 10.1. The van der Waals surface area contributed by atoms with Crippen LogP contribution in [0.2, 0.25) is 0 Å². The number of rotatable bonds is 6. The maximum atomic E-state index is 10.4. The first-order valence-corrected chi connectivity index (χ1v) is 10.1. The van der Waals surface area contributed by atoms with E-state index in [0.717, 1.165) is 33.4 Å². The summed E-state index contributed by atoms with van der Waals surface area (Å²) in [6.45, 7) is 0. The molecule has 156 valence electrons. The van der Waals surface area contributed by atoms with Crippen LogP contribution in [0.25, 0.3) is 0 Å². The molecule has 4 aromatic carbocycles. The average molecular weight is 412 g/mol. The first-order chi connectivity index (χ1) is 15.0. The Hall–Kier alpha value is -3.92. The topological polar surface area (TPSA) is 80.9 Å². The lowest BCUT2D eigenvalue weighted by atomic mass is 9.96.